The summed E-state index contributed by atoms with van der Waals surface area (Å²) >= 11 is 0. The van der Waals surface area contributed by atoms with E-state index in [1.54, 1.807) is 32.1 Å². The third kappa shape index (κ3) is 0.953. The molecule has 0 aromatic rings. The van der Waals surface area contributed by atoms with Crippen molar-refractivity contribution in [3.8, 4) is 0 Å². The van der Waals surface area contributed by atoms with Crippen LogP contribution in [0.4, 0.5) is 0 Å². The average molecular weight is 204 g/mol. The van der Waals surface area contributed by atoms with Crippen LogP contribution in [-0.2, 0) is 0 Å². The molecule has 0 aromatic carbocycles. The Morgan fingerprint density at radius 1 is 1.13 bits per heavy atom. The topological polar surface area (TPSA) is 0 Å². The Balaban J connectivity index is 1.39. The van der Waals surface area contributed by atoms with E-state index in [1.807, 2.05) is 0 Å². The van der Waals surface area contributed by atoms with E-state index in [9.17, 15) is 0 Å². The lowest BCUT2D eigenvalue weighted by Crippen LogP contribution is -2.33. The minimum absolute atomic E-state index is 0.879. The van der Waals surface area contributed by atoms with Crippen molar-refractivity contribution >= 4 is 0 Å². The highest BCUT2D eigenvalue weighted by Crippen LogP contribution is 2.84. The van der Waals surface area contributed by atoms with Crippen molar-refractivity contribution in [1.29, 1.82) is 0 Å². The lowest BCUT2D eigenvalue weighted by Gasteiger charge is -2.41. The number of hydrogen-bond donors (Lipinski definition) is 0. The van der Waals surface area contributed by atoms with E-state index in [4.69, 9.17) is 0 Å². The molecule has 84 valence electrons. The maximum Gasteiger partial charge on any atom is -0.0232 e. The number of hydrogen-bond acceptors (Lipinski definition) is 0. The Morgan fingerprint density at radius 2 is 1.87 bits per heavy atom. The molecule has 0 aliphatic heterocycles. The molecule has 15 heavy (non-hydrogen) atoms. The molecule has 6 atom stereocenters. The second-order valence-electron chi connectivity index (χ2n) is 7.32. The molecule has 0 amide bonds. The largest absolute Gasteiger partial charge is 0.0622 e. The Bertz CT molecular complexity index is 290. The molecule has 4 aliphatic carbocycles. The van der Waals surface area contributed by atoms with Crippen LogP contribution in [-0.4, -0.2) is 0 Å². The smallest absolute Gasteiger partial charge is 0.0232 e. The van der Waals surface area contributed by atoms with Gasteiger partial charge in [-0.3, -0.25) is 0 Å². The SMILES string of the molecule is CC(C[C@H]1CC2C3CC1C32C)C1CCC1. The molecule has 4 aliphatic rings. The van der Waals surface area contributed by atoms with Gasteiger partial charge in [0.25, 0.3) is 0 Å². The van der Waals surface area contributed by atoms with Crippen LogP contribution in [0.25, 0.3) is 0 Å². The van der Waals surface area contributed by atoms with Gasteiger partial charge in [0.1, 0.15) is 0 Å². The van der Waals surface area contributed by atoms with Crippen LogP contribution < -0.4 is 0 Å². The molecule has 5 unspecified atom stereocenters. The van der Waals surface area contributed by atoms with Crippen molar-refractivity contribution in [2.75, 3.05) is 0 Å². The van der Waals surface area contributed by atoms with Gasteiger partial charge in [-0.2, -0.15) is 0 Å². The summed E-state index contributed by atoms with van der Waals surface area (Å²) in [7, 11) is 0. The highest BCUT2D eigenvalue weighted by atomic mass is 14.8. The van der Waals surface area contributed by atoms with E-state index in [2.05, 4.69) is 13.8 Å². The summed E-state index contributed by atoms with van der Waals surface area (Å²) in [6, 6.07) is 0. The zero-order valence-electron chi connectivity index (χ0n) is 10.2. The molecule has 0 radical (unpaired) electrons. The van der Waals surface area contributed by atoms with E-state index in [-0.39, 0.29) is 0 Å². The first kappa shape index (κ1) is 9.07. The van der Waals surface area contributed by atoms with Crippen molar-refractivity contribution in [2.45, 2.75) is 52.4 Å². The Hall–Kier alpha value is 0. The molecule has 4 rings (SSSR count). The molecule has 0 bridgehead atoms. The summed E-state index contributed by atoms with van der Waals surface area (Å²) in [5.74, 6) is 6.84. The maximum absolute atomic E-state index is 2.59. The van der Waals surface area contributed by atoms with Crippen LogP contribution in [0.2, 0.25) is 0 Å². The van der Waals surface area contributed by atoms with Gasteiger partial charge in [0.2, 0.25) is 0 Å². The minimum atomic E-state index is 0.879. The summed E-state index contributed by atoms with van der Waals surface area (Å²) in [4.78, 5) is 0. The molecule has 4 saturated carbocycles. The predicted molar refractivity (Wildman–Crippen MR) is 62.4 cm³/mol. The second-order valence-corrected chi connectivity index (χ2v) is 7.32. The van der Waals surface area contributed by atoms with Gasteiger partial charge in [-0.25, -0.2) is 0 Å². The van der Waals surface area contributed by atoms with Crippen LogP contribution in [0.15, 0.2) is 0 Å². The van der Waals surface area contributed by atoms with Gasteiger partial charge in [0.15, 0.2) is 0 Å². The standard InChI is InChI=1S/C15H24/c1-9(10-4-3-5-10)6-11-7-13-14-8-12(11)15(13,14)2/h9-14H,3-8H2,1-2H3/t9?,11-,12?,13?,14?,15?/m0/s1. The fourth-order valence-corrected chi connectivity index (χ4v) is 5.61. The Morgan fingerprint density at radius 3 is 2.33 bits per heavy atom. The van der Waals surface area contributed by atoms with Crippen molar-refractivity contribution in [2.24, 2.45) is 40.9 Å². The van der Waals surface area contributed by atoms with Crippen LogP contribution in [0.1, 0.15) is 52.4 Å². The first-order valence-electron chi connectivity index (χ1n) is 7.21. The second kappa shape index (κ2) is 2.63. The fourth-order valence-electron chi connectivity index (χ4n) is 5.61. The van der Waals surface area contributed by atoms with E-state index in [0.717, 1.165) is 29.1 Å². The highest BCUT2D eigenvalue weighted by molar-refractivity contribution is 5.25. The van der Waals surface area contributed by atoms with E-state index < -0.39 is 0 Å². The van der Waals surface area contributed by atoms with Crippen LogP contribution in [0, 0.1) is 40.9 Å². The summed E-state index contributed by atoms with van der Waals surface area (Å²) < 4.78 is 0. The molecule has 0 spiro atoms. The molecular formula is C15H24. The molecule has 0 heterocycles. The molecule has 0 nitrogen and oxygen atoms in total. The normalized spacial score (nSPS) is 58.0. The molecule has 0 saturated heterocycles. The molecule has 0 aromatic heterocycles. The first-order valence-corrected chi connectivity index (χ1v) is 7.21. The lowest BCUT2D eigenvalue weighted by atomic mass is 9.64. The number of rotatable bonds is 3. The zero-order chi connectivity index (χ0) is 10.2. The van der Waals surface area contributed by atoms with Crippen molar-refractivity contribution in [3.63, 3.8) is 0 Å². The van der Waals surface area contributed by atoms with Gasteiger partial charge < -0.3 is 0 Å². The van der Waals surface area contributed by atoms with E-state index in [1.165, 1.54) is 18.3 Å². The van der Waals surface area contributed by atoms with Gasteiger partial charge in [0.05, 0.1) is 0 Å². The fraction of sp³-hybridized carbons (Fsp3) is 1.00. The van der Waals surface area contributed by atoms with Gasteiger partial charge in [-0.1, -0.05) is 33.1 Å². The van der Waals surface area contributed by atoms with Crippen molar-refractivity contribution in [3.05, 3.63) is 0 Å². The minimum Gasteiger partial charge on any atom is -0.0622 e. The summed E-state index contributed by atoms with van der Waals surface area (Å²) in [5, 5.41) is 0. The van der Waals surface area contributed by atoms with Crippen LogP contribution in [0.3, 0.4) is 0 Å². The predicted octanol–water partition coefficient (Wildman–Crippen LogP) is 4.10. The van der Waals surface area contributed by atoms with Crippen LogP contribution in [0.5, 0.6) is 0 Å². The Kier molecular flexibility index (Phi) is 1.59. The quantitative estimate of drug-likeness (QED) is 0.649. The maximum atomic E-state index is 2.59. The van der Waals surface area contributed by atoms with Gasteiger partial charge >= 0.3 is 0 Å². The van der Waals surface area contributed by atoms with Gasteiger partial charge in [0, 0.05) is 0 Å². The summed E-state index contributed by atoms with van der Waals surface area (Å²) in [6.07, 6.45) is 9.41. The lowest BCUT2D eigenvalue weighted by molar-refractivity contribution is 0.0829. The zero-order valence-corrected chi connectivity index (χ0v) is 10.2. The van der Waals surface area contributed by atoms with E-state index in [0.29, 0.717) is 0 Å². The molecule has 4 fully saturated rings. The summed E-state index contributed by atoms with van der Waals surface area (Å²) in [6.45, 7) is 5.12. The third-order valence-electron chi connectivity index (χ3n) is 7.04. The molecular weight excluding hydrogens is 180 g/mol. The van der Waals surface area contributed by atoms with E-state index >= 15 is 0 Å². The summed E-state index contributed by atoms with van der Waals surface area (Å²) in [5.41, 5.74) is 0.879. The molecule has 0 heteroatoms. The van der Waals surface area contributed by atoms with Crippen LogP contribution >= 0.6 is 0 Å². The highest BCUT2D eigenvalue weighted by Gasteiger charge is 2.77. The molecule has 0 N–H and O–H groups in total. The first-order chi connectivity index (χ1) is 7.21. The Labute approximate surface area is 93.8 Å². The van der Waals surface area contributed by atoms with Gasteiger partial charge in [-0.15, -0.1) is 0 Å². The van der Waals surface area contributed by atoms with Crippen molar-refractivity contribution in [1.82, 2.24) is 0 Å². The van der Waals surface area contributed by atoms with Crippen molar-refractivity contribution < 1.29 is 0 Å². The monoisotopic (exact) mass is 204 g/mol. The average Bonchev–Trinajstić information content (AvgIpc) is 2.42. The van der Waals surface area contributed by atoms with Gasteiger partial charge in [-0.05, 0) is 60.2 Å². The number of fused-ring (bicyclic) bond motifs is 1. The third-order valence-corrected chi connectivity index (χ3v) is 7.04.